The predicted octanol–water partition coefficient (Wildman–Crippen LogP) is 4.29. The number of aromatic nitrogens is 1. The molecule has 0 amide bonds. The predicted molar refractivity (Wildman–Crippen MR) is 84.1 cm³/mol. The van der Waals surface area contributed by atoms with E-state index in [9.17, 15) is 0 Å². The van der Waals surface area contributed by atoms with Crippen molar-refractivity contribution >= 4 is 28.1 Å². The summed E-state index contributed by atoms with van der Waals surface area (Å²) in [6.07, 6.45) is 2.41. The summed E-state index contributed by atoms with van der Waals surface area (Å²) in [6.45, 7) is 2.19. The first kappa shape index (κ1) is 14.2. The minimum atomic E-state index is 0.771. The number of hydrogen-bond acceptors (Lipinski definition) is 5. The first-order valence-corrected chi connectivity index (χ1v) is 8.08. The molecule has 0 radical (unpaired) electrons. The number of thioether (sulfide) groups is 1. The molecule has 0 aliphatic rings. The molecule has 0 aliphatic heterocycles. The van der Waals surface area contributed by atoms with Crippen LogP contribution in [0.5, 0.6) is 5.75 Å². The molecule has 1 aromatic heterocycles. The molecule has 0 spiro atoms. The Morgan fingerprint density at radius 3 is 3.00 bits per heavy atom. The van der Waals surface area contributed by atoms with Crippen molar-refractivity contribution < 1.29 is 4.74 Å². The highest BCUT2D eigenvalue weighted by Crippen LogP contribution is 2.36. The highest BCUT2D eigenvalue weighted by Gasteiger charge is 2.11. The fraction of sp³-hybridized carbons (Fsp3) is 0.357. The van der Waals surface area contributed by atoms with Gasteiger partial charge in [-0.3, -0.25) is 0 Å². The lowest BCUT2D eigenvalue weighted by Crippen LogP contribution is -1.87. The Labute approximate surface area is 122 Å². The standard InChI is InChI=1S/C14H18N2OS2/c1-3-4-8-18-14-16-12(13(15)19-14)10-6-5-7-11(9-10)17-2/h5-7,9H,3-4,8,15H2,1-2H3. The van der Waals surface area contributed by atoms with Crippen LogP contribution in [-0.4, -0.2) is 17.8 Å². The monoisotopic (exact) mass is 294 g/mol. The Morgan fingerprint density at radius 1 is 1.42 bits per heavy atom. The summed E-state index contributed by atoms with van der Waals surface area (Å²) in [6, 6.07) is 7.85. The molecule has 1 heterocycles. The number of hydrogen-bond donors (Lipinski definition) is 1. The van der Waals surface area contributed by atoms with E-state index >= 15 is 0 Å². The van der Waals surface area contributed by atoms with Crippen LogP contribution >= 0.6 is 23.1 Å². The van der Waals surface area contributed by atoms with Crippen molar-refractivity contribution in [1.29, 1.82) is 0 Å². The number of methoxy groups -OCH3 is 1. The van der Waals surface area contributed by atoms with Crippen LogP contribution in [0.15, 0.2) is 28.6 Å². The van der Waals surface area contributed by atoms with Gasteiger partial charge >= 0.3 is 0 Å². The van der Waals surface area contributed by atoms with Crippen LogP contribution < -0.4 is 10.5 Å². The summed E-state index contributed by atoms with van der Waals surface area (Å²) >= 11 is 3.34. The number of nitrogens with two attached hydrogens (primary N) is 1. The SMILES string of the molecule is CCCCSc1nc(-c2cccc(OC)c2)c(N)s1. The molecule has 3 nitrogen and oxygen atoms in total. The second-order valence-electron chi connectivity index (χ2n) is 4.13. The van der Waals surface area contributed by atoms with Gasteiger partial charge < -0.3 is 10.5 Å². The van der Waals surface area contributed by atoms with Crippen molar-refractivity contribution in [2.24, 2.45) is 0 Å². The number of anilines is 1. The van der Waals surface area contributed by atoms with Crippen LogP contribution in [0, 0.1) is 0 Å². The first-order valence-electron chi connectivity index (χ1n) is 6.28. The second-order valence-corrected chi connectivity index (χ2v) is 6.50. The third-order valence-electron chi connectivity index (χ3n) is 2.70. The third kappa shape index (κ3) is 3.64. The van der Waals surface area contributed by atoms with Gasteiger partial charge in [-0.1, -0.05) is 48.6 Å². The van der Waals surface area contributed by atoms with E-state index in [1.807, 2.05) is 24.3 Å². The molecule has 0 saturated carbocycles. The van der Waals surface area contributed by atoms with E-state index in [0.717, 1.165) is 32.1 Å². The number of rotatable bonds is 6. The van der Waals surface area contributed by atoms with E-state index in [4.69, 9.17) is 10.5 Å². The van der Waals surface area contributed by atoms with Crippen LogP contribution in [0.25, 0.3) is 11.3 Å². The van der Waals surface area contributed by atoms with Gasteiger partial charge in [0.2, 0.25) is 0 Å². The Kier molecular flexibility index (Phi) is 5.10. The number of nitrogens with zero attached hydrogens (tertiary/aromatic N) is 1. The molecule has 0 fully saturated rings. The highest BCUT2D eigenvalue weighted by molar-refractivity contribution is 8.01. The smallest absolute Gasteiger partial charge is 0.152 e. The number of thiazole rings is 1. The number of benzene rings is 1. The van der Waals surface area contributed by atoms with E-state index in [1.54, 1.807) is 30.2 Å². The lowest BCUT2D eigenvalue weighted by molar-refractivity contribution is 0.415. The molecule has 19 heavy (non-hydrogen) atoms. The molecule has 1 aromatic carbocycles. The van der Waals surface area contributed by atoms with Crippen LogP contribution in [-0.2, 0) is 0 Å². The maximum absolute atomic E-state index is 6.07. The van der Waals surface area contributed by atoms with Crippen molar-refractivity contribution in [1.82, 2.24) is 4.98 Å². The molecule has 2 aromatic rings. The van der Waals surface area contributed by atoms with E-state index < -0.39 is 0 Å². The topological polar surface area (TPSA) is 48.1 Å². The average molecular weight is 294 g/mol. The van der Waals surface area contributed by atoms with E-state index in [-0.39, 0.29) is 0 Å². The summed E-state index contributed by atoms with van der Waals surface area (Å²) < 4.78 is 6.28. The fourth-order valence-electron chi connectivity index (χ4n) is 1.65. The molecular weight excluding hydrogens is 276 g/mol. The minimum Gasteiger partial charge on any atom is -0.497 e. The van der Waals surface area contributed by atoms with Gasteiger partial charge in [-0.25, -0.2) is 4.98 Å². The largest absolute Gasteiger partial charge is 0.497 e. The lowest BCUT2D eigenvalue weighted by atomic mass is 10.1. The van der Waals surface area contributed by atoms with Gasteiger partial charge in [-0.05, 0) is 18.6 Å². The van der Waals surface area contributed by atoms with Crippen molar-refractivity contribution in [2.75, 3.05) is 18.6 Å². The van der Waals surface area contributed by atoms with Crippen LogP contribution in [0.4, 0.5) is 5.00 Å². The molecule has 0 saturated heterocycles. The quantitative estimate of drug-likeness (QED) is 0.637. The van der Waals surface area contributed by atoms with Gasteiger partial charge in [-0.2, -0.15) is 0 Å². The summed E-state index contributed by atoms with van der Waals surface area (Å²) in [5.74, 6) is 1.92. The Balaban J connectivity index is 2.19. The lowest BCUT2D eigenvalue weighted by Gasteiger charge is -2.02. The number of nitrogen functional groups attached to an aromatic ring is 1. The highest BCUT2D eigenvalue weighted by atomic mass is 32.2. The molecule has 0 aliphatic carbocycles. The van der Waals surface area contributed by atoms with Gasteiger partial charge in [0, 0.05) is 11.3 Å². The summed E-state index contributed by atoms with van der Waals surface area (Å²) in [7, 11) is 1.66. The molecule has 102 valence electrons. The zero-order chi connectivity index (χ0) is 13.7. The molecule has 0 atom stereocenters. The van der Waals surface area contributed by atoms with Gasteiger partial charge in [0.25, 0.3) is 0 Å². The second kappa shape index (κ2) is 6.82. The van der Waals surface area contributed by atoms with Crippen molar-refractivity contribution in [2.45, 2.75) is 24.1 Å². The first-order chi connectivity index (χ1) is 9.24. The molecule has 2 rings (SSSR count). The summed E-state index contributed by atoms with van der Waals surface area (Å²) in [5.41, 5.74) is 7.94. The third-order valence-corrected chi connectivity index (χ3v) is 4.81. The van der Waals surface area contributed by atoms with Crippen molar-refractivity contribution in [3.05, 3.63) is 24.3 Å². The zero-order valence-corrected chi connectivity index (χ0v) is 12.8. The van der Waals surface area contributed by atoms with Crippen LogP contribution in [0.1, 0.15) is 19.8 Å². The molecule has 0 bridgehead atoms. The Hall–Kier alpha value is -1.20. The Bertz CT molecular complexity index is 540. The minimum absolute atomic E-state index is 0.771. The molecule has 5 heteroatoms. The molecular formula is C14H18N2OS2. The Morgan fingerprint density at radius 2 is 2.26 bits per heavy atom. The van der Waals surface area contributed by atoms with Crippen LogP contribution in [0.3, 0.4) is 0 Å². The van der Waals surface area contributed by atoms with Gasteiger partial charge in [0.05, 0.1) is 7.11 Å². The number of ether oxygens (including phenoxy) is 1. The van der Waals surface area contributed by atoms with Crippen LogP contribution in [0.2, 0.25) is 0 Å². The van der Waals surface area contributed by atoms with Gasteiger partial charge in [-0.15, -0.1) is 0 Å². The normalized spacial score (nSPS) is 10.6. The van der Waals surface area contributed by atoms with Gasteiger partial charge in [0.15, 0.2) is 4.34 Å². The molecule has 2 N–H and O–H groups in total. The number of unbranched alkanes of at least 4 members (excludes halogenated alkanes) is 1. The van der Waals surface area contributed by atoms with E-state index in [0.29, 0.717) is 0 Å². The maximum atomic E-state index is 6.07. The maximum Gasteiger partial charge on any atom is 0.152 e. The van der Waals surface area contributed by atoms with E-state index in [2.05, 4.69) is 11.9 Å². The molecule has 0 unspecified atom stereocenters. The summed E-state index contributed by atoms with van der Waals surface area (Å²) in [5, 5.41) is 0.771. The average Bonchev–Trinajstić information content (AvgIpc) is 2.80. The van der Waals surface area contributed by atoms with E-state index in [1.165, 1.54) is 12.8 Å². The van der Waals surface area contributed by atoms with Crippen molar-refractivity contribution in [3.8, 4) is 17.0 Å². The van der Waals surface area contributed by atoms with Crippen molar-refractivity contribution in [3.63, 3.8) is 0 Å². The fourth-order valence-corrected chi connectivity index (χ4v) is 3.76. The summed E-state index contributed by atoms with van der Waals surface area (Å²) in [4.78, 5) is 4.63. The zero-order valence-electron chi connectivity index (χ0n) is 11.2. The van der Waals surface area contributed by atoms with Gasteiger partial charge in [0.1, 0.15) is 16.4 Å².